The van der Waals surface area contributed by atoms with Crippen molar-refractivity contribution in [3.63, 3.8) is 0 Å². The molecule has 3 fully saturated rings. The van der Waals surface area contributed by atoms with Crippen molar-refractivity contribution < 1.29 is 14.4 Å². The Morgan fingerprint density at radius 3 is 2.38 bits per heavy atom. The molecule has 1 aromatic rings. The third kappa shape index (κ3) is 6.46. The number of hydrogen-bond acceptors (Lipinski definition) is 4. The summed E-state index contributed by atoms with van der Waals surface area (Å²) in [6, 6.07) is 10.8. The van der Waals surface area contributed by atoms with E-state index in [-0.39, 0.29) is 41.8 Å². The molecule has 0 bridgehead atoms. The molecule has 2 saturated carbocycles. The number of nitrogens with one attached hydrogen (secondary N) is 2. The molecular weight excluding hydrogens is 466 g/mol. The lowest BCUT2D eigenvalue weighted by Gasteiger charge is -2.50. The van der Waals surface area contributed by atoms with E-state index in [0.29, 0.717) is 19.6 Å². The quantitative estimate of drug-likeness (QED) is 0.477. The van der Waals surface area contributed by atoms with Crippen LogP contribution in [0.4, 0.5) is 4.79 Å². The van der Waals surface area contributed by atoms with Gasteiger partial charge in [-0.25, -0.2) is 4.79 Å². The van der Waals surface area contributed by atoms with Gasteiger partial charge in [0.05, 0.1) is 5.54 Å². The monoisotopic (exact) mass is 511 g/mol. The molecule has 8 heteroatoms. The predicted octanol–water partition coefficient (Wildman–Crippen LogP) is 3.33. The lowest BCUT2D eigenvalue weighted by atomic mass is 9.68. The molecule has 1 saturated heterocycles. The Hall–Kier alpha value is -2.61. The highest BCUT2D eigenvalue weighted by Gasteiger charge is 2.50. The summed E-state index contributed by atoms with van der Waals surface area (Å²) >= 11 is 0. The van der Waals surface area contributed by atoms with Crippen molar-refractivity contribution >= 4 is 17.8 Å². The van der Waals surface area contributed by atoms with Crippen LogP contribution in [-0.2, 0) is 15.1 Å². The first-order valence-electron chi connectivity index (χ1n) is 14.0. The molecule has 37 heavy (non-hydrogen) atoms. The molecule has 204 valence electrons. The molecule has 0 atom stereocenters. The molecule has 0 aromatic heterocycles. The van der Waals surface area contributed by atoms with E-state index < -0.39 is 0 Å². The standard InChI is InChI=1S/C29H45N5O3/c1-32(2)26(36)12-19-30-25(35)14-21-34-22-28(31-27(34)37)15-17-29(18-16-28,24-10-5-4-6-11-24)33(3)20-13-23-8-7-9-23/h4-6,10-11,23H,7-9,12-22H2,1-3H3,(H,30,35)(H,31,37). The molecule has 1 spiro atoms. The van der Waals surface area contributed by atoms with Crippen molar-refractivity contribution in [3.05, 3.63) is 35.9 Å². The van der Waals surface area contributed by atoms with Crippen LogP contribution in [0.2, 0.25) is 0 Å². The van der Waals surface area contributed by atoms with Crippen LogP contribution >= 0.6 is 0 Å². The Bertz CT molecular complexity index is 938. The first kappa shape index (κ1) is 27.4. The predicted molar refractivity (Wildman–Crippen MR) is 145 cm³/mol. The average molecular weight is 512 g/mol. The molecular formula is C29H45N5O3. The molecule has 8 nitrogen and oxygen atoms in total. The largest absolute Gasteiger partial charge is 0.356 e. The summed E-state index contributed by atoms with van der Waals surface area (Å²) in [7, 11) is 5.69. The van der Waals surface area contributed by atoms with Gasteiger partial charge in [0.2, 0.25) is 11.8 Å². The fraction of sp³-hybridized carbons (Fsp3) is 0.690. The Morgan fingerprint density at radius 2 is 1.76 bits per heavy atom. The van der Waals surface area contributed by atoms with Gasteiger partial charge in [0.25, 0.3) is 0 Å². The topological polar surface area (TPSA) is 85.0 Å². The Balaban J connectivity index is 1.31. The minimum Gasteiger partial charge on any atom is -0.356 e. The van der Waals surface area contributed by atoms with Crippen molar-refractivity contribution in [2.24, 2.45) is 5.92 Å². The molecule has 1 aromatic carbocycles. The van der Waals surface area contributed by atoms with Gasteiger partial charge in [-0.05, 0) is 57.2 Å². The SMILES string of the molecule is CN(C)C(=O)CCNC(=O)CCN1CC2(CCC(c3ccccc3)(N(C)CCC3CCC3)CC2)NC1=O. The van der Waals surface area contributed by atoms with Crippen LogP contribution in [-0.4, -0.2) is 85.4 Å². The van der Waals surface area contributed by atoms with Crippen LogP contribution in [0.1, 0.15) is 69.8 Å². The first-order chi connectivity index (χ1) is 17.7. The van der Waals surface area contributed by atoms with Crippen molar-refractivity contribution in [1.82, 2.24) is 25.3 Å². The number of carbonyl (C=O) groups excluding carboxylic acids is 3. The van der Waals surface area contributed by atoms with Gasteiger partial charge in [0, 0.05) is 52.1 Å². The van der Waals surface area contributed by atoms with Gasteiger partial charge in [-0.3, -0.25) is 14.5 Å². The number of nitrogens with zero attached hydrogens (tertiary/aromatic N) is 3. The fourth-order valence-electron chi connectivity index (χ4n) is 6.26. The second-order valence-electron chi connectivity index (χ2n) is 11.7. The Morgan fingerprint density at radius 1 is 1.05 bits per heavy atom. The molecule has 2 aliphatic carbocycles. The van der Waals surface area contributed by atoms with E-state index in [1.807, 2.05) is 0 Å². The molecule has 0 radical (unpaired) electrons. The smallest absolute Gasteiger partial charge is 0.317 e. The van der Waals surface area contributed by atoms with Crippen LogP contribution in [0.3, 0.4) is 0 Å². The maximum Gasteiger partial charge on any atom is 0.317 e. The lowest BCUT2D eigenvalue weighted by Crippen LogP contribution is -2.55. The van der Waals surface area contributed by atoms with Crippen LogP contribution in [0.5, 0.6) is 0 Å². The fourth-order valence-corrected chi connectivity index (χ4v) is 6.26. The first-order valence-corrected chi connectivity index (χ1v) is 14.0. The Labute approximate surface area is 222 Å². The minimum atomic E-state index is -0.223. The highest BCUT2D eigenvalue weighted by atomic mass is 16.2. The molecule has 3 aliphatic rings. The van der Waals surface area contributed by atoms with Gasteiger partial charge < -0.3 is 20.4 Å². The molecule has 4 amide bonds. The summed E-state index contributed by atoms with van der Waals surface area (Å²) < 4.78 is 0. The van der Waals surface area contributed by atoms with E-state index in [2.05, 4.69) is 52.9 Å². The third-order valence-corrected chi connectivity index (χ3v) is 9.10. The Kier molecular flexibility index (Phi) is 8.78. The number of rotatable bonds is 11. The van der Waals surface area contributed by atoms with Crippen LogP contribution in [0, 0.1) is 5.92 Å². The van der Waals surface area contributed by atoms with E-state index in [9.17, 15) is 14.4 Å². The minimum absolute atomic E-state index is 0.00170. The third-order valence-electron chi connectivity index (χ3n) is 9.10. The number of benzene rings is 1. The second-order valence-corrected chi connectivity index (χ2v) is 11.7. The zero-order chi connectivity index (χ0) is 26.5. The van der Waals surface area contributed by atoms with Gasteiger partial charge in [-0.15, -0.1) is 0 Å². The van der Waals surface area contributed by atoms with Gasteiger partial charge in [-0.1, -0.05) is 49.6 Å². The summed E-state index contributed by atoms with van der Waals surface area (Å²) in [6.45, 7) is 2.48. The second kappa shape index (κ2) is 11.8. The van der Waals surface area contributed by atoms with Crippen molar-refractivity contribution in [3.8, 4) is 0 Å². The van der Waals surface area contributed by atoms with Crippen molar-refractivity contribution in [2.75, 3.05) is 47.3 Å². The zero-order valence-corrected chi connectivity index (χ0v) is 22.9. The highest BCUT2D eigenvalue weighted by molar-refractivity contribution is 5.81. The van der Waals surface area contributed by atoms with Gasteiger partial charge in [-0.2, -0.15) is 0 Å². The van der Waals surface area contributed by atoms with E-state index in [0.717, 1.165) is 38.1 Å². The normalized spacial score (nSPS) is 25.7. The van der Waals surface area contributed by atoms with Crippen molar-refractivity contribution in [1.29, 1.82) is 0 Å². The van der Waals surface area contributed by atoms with E-state index in [4.69, 9.17) is 0 Å². The lowest BCUT2D eigenvalue weighted by molar-refractivity contribution is -0.128. The number of carbonyl (C=O) groups is 3. The summed E-state index contributed by atoms with van der Waals surface area (Å²) in [5.41, 5.74) is 1.16. The molecule has 4 rings (SSSR count). The molecule has 2 N–H and O–H groups in total. The summed E-state index contributed by atoms with van der Waals surface area (Å²) in [4.78, 5) is 42.7. The van der Waals surface area contributed by atoms with E-state index in [1.54, 1.807) is 19.0 Å². The average Bonchev–Trinajstić information content (AvgIpc) is 3.17. The van der Waals surface area contributed by atoms with E-state index in [1.165, 1.54) is 36.1 Å². The highest BCUT2D eigenvalue weighted by Crippen LogP contribution is 2.47. The van der Waals surface area contributed by atoms with Crippen LogP contribution < -0.4 is 10.6 Å². The van der Waals surface area contributed by atoms with Crippen molar-refractivity contribution in [2.45, 2.75) is 75.3 Å². The maximum absolute atomic E-state index is 12.8. The summed E-state index contributed by atoms with van der Waals surface area (Å²) in [6.07, 6.45) is 9.81. The molecule has 0 unspecified atom stereocenters. The zero-order valence-electron chi connectivity index (χ0n) is 22.9. The van der Waals surface area contributed by atoms with Gasteiger partial charge >= 0.3 is 6.03 Å². The number of urea groups is 1. The maximum atomic E-state index is 12.8. The van der Waals surface area contributed by atoms with Crippen LogP contribution in [0.15, 0.2) is 30.3 Å². The number of hydrogen-bond donors (Lipinski definition) is 2. The summed E-state index contributed by atoms with van der Waals surface area (Å²) in [5, 5.41) is 6.09. The summed E-state index contributed by atoms with van der Waals surface area (Å²) in [5.74, 6) is 0.748. The van der Waals surface area contributed by atoms with Gasteiger partial charge in [0.1, 0.15) is 0 Å². The number of amides is 4. The van der Waals surface area contributed by atoms with Crippen LogP contribution in [0.25, 0.3) is 0 Å². The van der Waals surface area contributed by atoms with E-state index >= 15 is 0 Å². The van der Waals surface area contributed by atoms with Gasteiger partial charge in [0.15, 0.2) is 0 Å². The molecule has 1 heterocycles. The molecule has 1 aliphatic heterocycles.